The molecule has 260 valence electrons. The Bertz CT molecular complexity index is 934. The van der Waals surface area contributed by atoms with Gasteiger partial charge in [-0.25, -0.2) is 9.36 Å². The number of aliphatic hydroxyl groups excluding tert-OH is 2. The zero-order valence-corrected chi connectivity index (χ0v) is 27.4. The molecule has 0 aliphatic heterocycles. The van der Waals surface area contributed by atoms with Gasteiger partial charge in [-0.3, -0.25) is 23.4 Å². The van der Waals surface area contributed by atoms with Gasteiger partial charge in [-0.05, 0) is 38.2 Å². The average molecular weight is 665 g/mol. The molecule has 0 amide bonds. The molecule has 1 unspecified atom stereocenters. The van der Waals surface area contributed by atoms with Crippen molar-refractivity contribution in [3.05, 3.63) is 24.3 Å². The number of carbonyl (C=O) groups excluding carboxylic acids is 3. The van der Waals surface area contributed by atoms with Crippen LogP contribution in [0.15, 0.2) is 24.3 Å². The van der Waals surface area contributed by atoms with E-state index >= 15 is 0 Å². The monoisotopic (exact) mass is 664 g/mol. The molecule has 0 bridgehead atoms. The number of allylic oxidation sites excluding steroid dienone is 3. The van der Waals surface area contributed by atoms with Crippen LogP contribution >= 0.6 is 7.82 Å². The zero-order valence-electron chi connectivity index (χ0n) is 26.5. The van der Waals surface area contributed by atoms with Gasteiger partial charge in [0.15, 0.2) is 11.9 Å². The van der Waals surface area contributed by atoms with E-state index in [2.05, 4.69) is 23.6 Å². The molecule has 0 heterocycles. The quantitative estimate of drug-likeness (QED) is 0.0264. The molecular formula is C31H53O13P. The molecule has 0 aliphatic rings. The van der Waals surface area contributed by atoms with Crippen molar-refractivity contribution in [2.45, 2.75) is 122 Å². The van der Waals surface area contributed by atoms with E-state index in [1.807, 2.05) is 0 Å². The minimum atomic E-state index is -4.73. The fraction of sp³-hybridized carbons (Fsp3) is 0.742. The molecule has 0 aromatic heterocycles. The summed E-state index contributed by atoms with van der Waals surface area (Å²) < 4.78 is 31.7. The Morgan fingerprint density at radius 1 is 0.733 bits per heavy atom. The first-order chi connectivity index (χ1) is 21.5. The lowest BCUT2D eigenvalue weighted by atomic mass is 10.1. The second-order valence-electron chi connectivity index (χ2n) is 10.7. The zero-order chi connectivity index (χ0) is 33.8. The summed E-state index contributed by atoms with van der Waals surface area (Å²) in [6.45, 7) is -0.417. The van der Waals surface area contributed by atoms with Gasteiger partial charge in [0.25, 0.3) is 0 Å². The predicted octanol–water partition coefficient (Wildman–Crippen LogP) is 4.96. The highest BCUT2D eigenvalue weighted by Gasteiger charge is 2.27. The number of esters is 2. The van der Waals surface area contributed by atoms with E-state index < -0.39 is 76.6 Å². The molecule has 0 aromatic rings. The summed E-state index contributed by atoms with van der Waals surface area (Å²) in [5, 5.41) is 26.6. The number of ketones is 1. The molecule has 13 nitrogen and oxygen atoms in total. The van der Waals surface area contributed by atoms with E-state index in [0.717, 1.165) is 44.6 Å². The van der Waals surface area contributed by atoms with Crippen molar-refractivity contribution in [2.24, 2.45) is 0 Å². The minimum absolute atomic E-state index is 0.130. The third-order valence-electron chi connectivity index (χ3n) is 6.42. The first kappa shape index (κ1) is 42.6. The van der Waals surface area contributed by atoms with Gasteiger partial charge in [-0.15, -0.1) is 0 Å². The van der Waals surface area contributed by atoms with Crippen molar-refractivity contribution >= 4 is 31.5 Å². The third-order valence-corrected chi connectivity index (χ3v) is 7.37. The summed E-state index contributed by atoms with van der Waals surface area (Å²) in [6.07, 6.45) is 17.0. The lowest BCUT2D eigenvalue weighted by molar-refractivity contribution is -0.161. The Labute approximate surface area is 266 Å². The van der Waals surface area contributed by atoms with Crippen LogP contribution in [0.2, 0.25) is 0 Å². The summed E-state index contributed by atoms with van der Waals surface area (Å²) in [6, 6.07) is 0. The van der Waals surface area contributed by atoms with Gasteiger partial charge in [0.2, 0.25) is 0 Å². The summed E-state index contributed by atoms with van der Waals surface area (Å²) in [7, 11) is -4.73. The van der Waals surface area contributed by atoms with Crippen molar-refractivity contribution in [1.82, 2.24) is 0 Å². The van der Waals surface area contributed by atoms with Crippen LogP contribution in [0, 0.1) is 0 Å². The van der Waals surface area contributed by atoms with Crippen molar-refractivity contribution in [1.29, 1.82) is 0 Å². The van der Waals surface area contributed by atoms with Crippen LogP contribution in [0.3, 0.4) is 0 Å². The van der Waals surface area contributed by atoms with Crippen molar-refractivity contribution in [2.75, 3.05) is 26.4 Å². The maximum atomic E-state index is 12.2. The Balaban J connectivity index is 4.46. The van der Waals surface area contributed by atoms with Crippen LogP contribution < -0.4 is 0 Å². The van der Waals surface area contributed by atoms with Crippen LogP contribution in [0.5, 0.6) is 0 Å². The van der Waals surface area contributed by atoms with Gasteiger partial charge in [-0.2, -0.15) is 0 Å². The van der Waals surface area contributed by atoms with E-state index in [1.165, 1.54) is 38.5 Å². The molecule has 45 heavy (non-hydrogen) atoms. The molecule has 0 aromatic carbocycles. The molecule has 0 fully saturated rings. The summed E-state index contributed by atoms with van der Waals surface area (Å²) in [5.74, 6) is -3.44. The van der Waals surface area contributed by atoms with E-state index in [0.29, 0.717) is 12.5 Å². The van der Waals surface area contributed by atoms with Crippen LogP contribution in [-0.4, -0.2) is 82.5 Å². The van der Waals surface area contributed by atoms with Crippen molar-refractivity contribution < 1.29 is 62.5 Å². The molecule has 14 heteroatoms. The van der Waals surface area contributed by atoms with Gasteiger partial charge in [-0.1, -0.05) is 70.4 Å². The minimum Gasteiger partial charge on any atom is -0.478 e. The fourth-order valence-electron chi connectivity index (χ4n) is 3.88. The number of ether oxygens (including phenoxy) is 2. The number of carboxylic acids is 1. The standard InChI is InChI=1S/C31H53O13P/c1-2-3-4-5-6-7-8-9-10-11-12-13-14-15-16-17-30(37)41-24-28(25-43-45(39,40)42-23-27(34)22-32)44-31(38)21-19-26(33)18-20-29(35)36/h9-10,18,20,27-28,32,34H,2-8,11-17,19,21-25H2,1H3,(H,35,36)(H,39,40)/b10-9-,20-18+/t27-,28+/m0/s1. The average Bonchev–Trinajstić information content (AvgIpc) is 3.00. The van der Waals surface area contributed by atoms with Crippen LogP contribution in [0.4, 0.5) is 0 Å². The molecule has 0 saturated heterocycles. The topological polar surface area (TPSA) is 203 Å². The number of carbonyl (C=O) groups is 4. The largest absolute Gasteiger partial charge is 0.478 e. The smallest absolute Gasteiger partial charge is 0.472 e. The van der Waals surface area contributed by atoms with E-state index in [4.69, 9.17) is 24.2 Å². The third kappa shape index (κ3) is 28.8. The molecule has 0 rings (SSSR count). The highest BCUT2D eigenvalue weighted by molar-refractivity contribution is 7.47. The highest BCUT2D eigenvalue weighted by atomic mass is 31.2. The number of carboxylic acid groups (broad SMARTS) is 1. The number of aliphatic hydroxyl groups is 2. The molecule has 0 radical (unpaired) electrons. The Morgan fingerprint density at radius 2 is 1.31 bits per heavy atom. The van der Waals surface area contributed by atoms with Crippen molar-refractivity contribution in [3.8, 4) is 0 Å². The van der Waals surface area contributed by atoms with Crippen LogP contribution in [0.25, 0.3) is 0 Å². The second-order valence-corrected chi connectivity index (χ2v) is 12.1. The van der Waals surface area contributed by atoms with E-state index in [9.17, 15) is 33.7 Å². The van der Waals surface area contributed by atoms with E-state index in [-0.39, 0.29) is 12.8 Å². The SMILES string of the molecule is CCCCCCCC/C=C\CCCCCCCC(=O)OC[C@H](COP(=O)(O)OC[C@@H](O)CO)OC(=O)CCC(=O)/C=C/C(=O)O. The normalized spacial score (nSPS) is 14.3. The van der Waals surface area contributed by atoms with Gasteiger partial charge in [0, 0.05) is 18.9 Å². The Morgan fingerprint density at radius 3 is 1.91 bits per heavy atom. The molecular weight excluding hydrogens is 611 g/mol. The number of rotatable bonds is 30. The Hall–Kier alpha value is -2.41. The van der Waals surface area contributed by atoms with Crippen LogP contribution in [0.1, 0.15) is 110 Å². The first-order valence-electron chi connectivity index (χ1n) is 15.8. The maximum absolute atomic E-state index is 12.2. The van der Waals surface area contributed by atoms with Crippen molar-refractivity contribution in [3.63, 3.8) is 0 Å². The molecule has 0 spiro atoms. The van der Waals surface area contributed by atoms with Gasteiger partial charge >= 0.3 is 25.7 Å². The number of aliphatic carboxylic acids is 1. The summed E-state index contributed by atoms with van der Waals surface area (Å²) in [5.41, 5.74) is 0. The molecule has 0 aliphatic carbocycles. The molecule has 0 saturated carbocycles. The number of hydrogen-bond donors (Lipinski definition) is 4. The second kappa shape index (κ2) is 27.9. The van der Waals surface area contributed by atoms with Gasteiger partial charge in [0.05, 0.1) is 26.2 Å². The van der Waals surface area contributed by atoms with Gasteiger partial charge < -0.3 is 29.7 Å². The number of hydrogen-bond acceptors (Lipinski definition) is 11. The molecule has 3 atom stereocenters. The summed E-state index contributed by atoms with van der Waals surface area (Å²) >= 11 is 0. The molecule has 4 N–H and O–H groups in total. The first-order valence-corrected chi connectivity index (χ1v) is 17.3. The van der Waals surface area contributed by atoms with Gasteiger partial charge in [0.1, 0.15) is 12.7 Å². The number of phosphoric acid groups is 1. The van der Waals surface area contributed by atoms with Crippen LogP contribution in [-0.2, 0) is 42.3 Å². The lowest BCUT2D eigenvalue weighted by Crippen LogP contribution is -2.30. The summed E-state index contributed by atoms with van der Waals surface area (Å²) in [4.78, 5) is 56.4. The number of unbranched alkanes of at least 4 members (excludes halogenated alkanes) is 11. The highest BCUT2D eigenvalue weighted by Crippen LogP contribution is 2.43. The fourth-order valence-corrected chi connectivity index (χ4v) is 4.67. The maximum Gasteiger partial charge on any atom is 0.472 e. The lowest BCUT2D eigenvalue weighted by Gasteiger charge is -2.20. The van der Waals surface area contributed by atoms with E-state index in [1.54, 1.807) is 0 Å². The predicted molar refractivity (Wildman–Crippen MR) is 166 cm³/mol. The number of phosphoric ester groups is 1. The Kier molecular flexibility index (Phi) is 26.4.